The number of aromatic amines is 1. The Hall–Kier alpha value is -1.63. The molecule has 0 spiro atoms. The summed E-state index contributed by atoms with van der Waals surface area (Å²) < 4.78 is 0. The van der Waals surface area contributed by atoms with Crippen molar-refractivity contribution in [1.29, 1.82) is 0 Å². The Morgan fingerprint density at radius 3 is 2.77 bits per heavy atom. The highest BCUT2D eigenvalue weighted by atomic mass is 35.5. The molecular weight excluding hydrogens is 348 g/mol. The number of anilines is 1. The van der Waals surface area contributed by atoms with E-state index in [-0.39, 0.29) is 0 Å². The Balaban J connectivity index is 1.48. The van der Waals surface area contributed by atoms with Crippen molar-refractivity contribution in [2.45, 2.75) is 38.3 Å². The van der Waals surface area contributed by atoms with Gasteiger partial charge in [0.1, 0.15) is 11.6 Å². The Morgan fingerprint density at radius 2 is 2.08 bits per heavy atom. The number of halogens is 1. The summed E-state index contributed by atoms with van der Waals surface area (Å²) >= 11 is 6.59. The van der Waals surface area contributed by atoms with Crippen LogP contribution in [0.2, 0.25) is 5.02 Å². The van der Waals surface area contributed by atoms with Crippen molar-refractivity contribution in [2.24, 2.45) is 0 Å². The molecule has 140 valence electrons. The van der Waals surface area contributed by atoms with E-state index in [4.69, 9.17) is 11.6 Å². The van der Waals surface area contributed by atoms with Crippen LogP contribution in [-0.2, 0) is 0 Å². The number of rotatable bonds is 4. The van der Waals surface area contributed by atoms with Gasteiger partial charge in [-0.25, -0.2) is 9.97 Å². The van der Waals surface area contributed by atoms with Gasteiger partial charge < -0.3 is 15.2 Å². The molecule has 2 fully saturated rings. The monoisotopic (exact) mass is 374 g/mol. The van der Waals surface area contributed by atoms with E-state index in [1.165, 1.54) is 12.8 Å². The van der Waals surface area contributed by atoms with E-state index < -0.39 is 0 Å². The summed E-state index contributed by atoms with van der Waals surface area (Å²) in [5.74, 6) is 1.69. The van der Waals surface area contributed by atoms with Gasteiger partial charge >= 0.3 is 0 Å². The number of hydrogen-bond acceptors (Lipinski definition) is 5. The second kappa shape index (κ2) is 7.94. The number of imidazole rings is 1. The van der Waals surface area contributed by atoms with E-state index >= 15 is 0 Å². The van der Waals surface area contributed by atoms with Crippen molar-refractivity contribution in [3.63, 3.8) is 0 Å². The lowest BCUT2D eigenvalue weighted by Crippen LogP contribution is -2.58. The lowest BCUT2D eigenvalue weighted by atomic mass is 9.99. The minimum atomic E-state index is 0.564. The molecule has 0 radical (unpaired) electrons. The Kier molecular flexibility index (Phi) is 5.43. The number of H-pyrrole nitrogens is 1. The molecule has 26 heavy (non-hydrogen) atoms. The zero-order chi connectivity index (χ0) is 17.9. The number of nitrogens with one attached hydrogen (secondary N) is 2. The minimum absolute atomic E-state index is 0.564. The number of piperidine rings is 1. The molecule has 0 bridgehead atoms. The van der Waals surface area contributed by atoms with E-state index in [1.54, 1.807) is 6.20 Å². The van der Waals surface area contributed by atoms with Gasteiger partial charge in [0, 0.05) is 55.9 Å². The molecule has 2 aromatic heterocycles. The Bertz CT molecular complexity index is 713. The van der Waals surface area contributed by atoms with Crippen LogP contribution in [0, 0.1) is 0 Å². The van der Waals surface area contributed by atoms with E-state index in [1.807, 2.05) is 18.5 Å². The highest BCUT2D eigenvalue weighted by molar-refractivity contribution is 6.33. The maximum absolute atomic E-state index is 6.59. The molecule has 2 N–H and O–H groups in total. The van der Waals surface area contributed by atoms with Crippen molar-refractivity contribution in [2.75, 3.05) is 37.6 Å². The van der Waals surface area contributed by atoms with Crippen molar-refractivity contribution >= 4 is 17.4 Å². The summed E-state index contributed by atoms with van der Waals surface area (Å²) in [6, 6.07) is 3.24. The zero-order valence-electron chi connectivity index (χ0n) is 15.3. The molecule has 2 saturated heterocycles. The van der Waals surface area contributed by atoms with Gasteiger partial charge in [0.2, 0.25) is 0 Å². The third kappa shape index (κ3) is 3.59. The molecule has 2 aliphatic heterocycles. The molecule has 7 heteroatoms. The molecule has 4 rings (SSSR count). The van der Waals surface area contributed by atoms with E-state index in [0.29, 0.717) is 17.1 Å². The number of nitrogens with zero attached hydrogens (tertiary/aromatic N) is 4. The van der Waals surface area contributed by atoms with Gasteiger partial charge in [-0.3, -0.25) is 4.90 Å². The van der Waals surface area contributed by atoms with Gasteiger partial charge in [-0.2, -0.15) is 0 Å². The fraction of sp³-hybridized carbons (Fsp3) is 0.579. The fourth-order valence-electron chi connectivity index (χ4n) is 4.26. The van der Waals surface area contributed by atoms with Crippen LogP contribution in [0.4, 0.5) is 5.82 Å². The fourth-order valence-corrected chi connectivity index (χ4v) is 4.55. The van der Waals surface area contributed by atoms with Gasteiger partial charge in [0.25, 0.3) is 0 Å². The summed E-state index contributed by atoms with van der Waals surface area (Å²) in [4.78, 5) is 17.1. The standard InChI is InChI=1S/C19H27ClN6/c1-2-15-13-25(9-10-26(15)16-3-5-21-6-4-16)19-17(20)11-14(12-24-19)18-22-7-8-23-18/h7-8,11-12,15-16,21H,2-6,9-10,13H2,1H3,(H,22,23). The first-order valence-corrected chi connectivity index (χ1v) is 10.0. The van der Waals surface area contributed by atoms with Crippen LogP contribution < -0.4 is 10.2 Å². The molecule has 1 unspecified atom stereocenters. The number of aromatic nitrogens is 3. The van der Waals surface area contributed by atoms with Crippen LogP contribution in [0.1, 0.15) is 26.2 Å². The highest BCUT2D eigenvalue weighted by Crippen LogP contribution is 2.30. The first-order chi connectivity index (χ1) is 12.8. The minimum Gasteiger partial charge on any atom is -0.353 e. The molecule has 0 saturated carbocycles. The summed E-state index contributed by atoms with van der Waals surface area (Å²) in [5.41, 5.74) is 0.920. The lowest BCUT2D eigenvalue weighted by Gasteiger charge is -2.46. The zero-order valence-corrected chi connectivity index (χ0v) is 16.0. The third-order valence-corrected chi connectivity index (χ3v) is 5.95. The molecule has 0 amide bonds. The molecular formula is C19H27ClN6. The second-order valence-corrected chi connectivity index (χ2v) is 7.60. The average molecular weight is 375 g/mol. The third-order valence-electron chi connectivity index (χ3n) is 5.67. The highest BCUT2D eigenvalue weighted by Gasteiger charge is 2.32. The number of hydrogen-bond donors (Lipinski definition) is 2. The first-order valence-electron chi connectivity index (χ1n) is 9.63. The first kappa shape index (κ1) is 17.8. The molecule has 4 heterocycles. The van der Waals surface area contributed by atoms with Gasteiger partial charge in [-0.05, 0) is 38.4 Å². The van der Waals surface area contributed by atoms with Gasteiger partial charge in [-0.15, -0.1) is 0 Å². The SMILES string of the molecule is CCC1CN(c2ncc(-c3ncc[nH]3)cc2Cl)CCN1C1CCNCC1. The topological polar surface area (TPSA) is 60.1 Å². The number of piperazine rings is 1. The van der Waals surface area contributed by atoms with Crippen LogP contribution in [-0.4, -0.2) is 64.7 Å². The molecule has 0 aromatic carbocycles. The van der Waals surface area contributed by atoms with Gasteiger partial charge in [0.05, 0.1) is 5.02 Å². The van der Waals surface area contributed by atoms with Crippen LogP contribution in [0.3, 0.4) is 0 Å². The Labute approximate surface area is 160 Å². The van der Waals surface area contributed by atoms with E-state index in [0.717, 1.165) is 56.4 Å². The largest absolute Gasteiger partial charge is 0.353 e. The Morgan fingerprint density at radius 1 is 1.23 bits per heavy atom. The molecule has 1 atom stereocenters. The summed E-state index contributed by atoms with van der Waals surface area (Å²) in [7, 11) is 0. The smallest absolute Gasteiger partial charge is 0.147 e. The summed E-state index contributed by atoms with van der Waals surface area (Å²) in [6.45, 7) is 7.63. The molecule has 6 nitrogen and oxygen atoms in total. The van der Waals surface area contributed by atoms with E-state index in [2.05, 4.69) is 37.0 Å². The van der Waals surface area contributed by atoms with Crippen molar-refractivity contribution in [3.05, 3.63) is 29.7 Å². The predicted molar refractivity (Wildman–Crippen MR) is 106 cm³/mol. The summed E-state index contributed by atoms with van der Waals surface area (Å²) in [6.07, 6.45) is 9.08. The molecule has 2 aromatic rings. The van der Waals surface area contributed by atoms with Crippen LogP contribution in [0.15, 0.2) is 24.7 Å². The lowest BCUT2D eigenvalue weighted by molar-refractivity contribution is 0.0936. The second-order valence-electron chi connectivity index (χ2n) is 7.19. The quantitative estimate of drug-likeness (QED) is 0.861. The molecule has 0 aliphatic carbocycles. The van der Waals surface area contributed by atoms with Crippen LogP contribution in [0.25, 0.3) is 11.4 Å². The predicted octanol–water partition coefficient (Wildman–Crippen LogP) is 2.78. The van der Waals surface area contributed by atoms with Crippen molar-refractivity contribution in [1.82, 2.24) is 25.2 Å². The van der Waals surface area contributed by atoms with Crippen molar-refractivity contribution in [3.8, 4) is 11.4 Å². The molecule has 2 aliphatic rings. The van der Waals surface area contributed by atoms with Gasteiger partial charge in [-0.1, -0.05) is 18.5 Å². The maximum Gasteiger partial charge on any atom is 0.147 e. The van der Waals surface area contributed by atoms with Gasteiger partial charge in [0.15, 0.2) is 0 Å². The maximum atomic E-state index is 6.59. The average Bonchev–Trinajstić information content (AvgIpc) is 3.23. The summed E-state index contributed by atoms with van der Waals surface area (Å²) in [5, 5.41) is 4.17. The van der Waals surface area contributed by atoms with E-state index in [9.17, 15) is 0 Å². The van der Waals surface area contributed by atoms with Crippen LogP contribution in [0.5, 0.6) is 0 Å². The normalized spacial score (nSPS) is 22.7. The van der Waals surface area contributed by atoms with Crippen molar-refractivity contribution < 1.29 is 0 Å². The number of pyridine rings is 1. The van der Waals surface area contributed by atoms with Crippen LogP contribution >= 0.6 is 11.6 Å².